The van der Waals surface area contributed by atoms with Crippen LogP contribution in [0.3, 0.4) is 0 Å². The highest BCUT2D eigenvalue weighted by molar-refractivity contribution is 9.10. The Labute approximate surface area is 637 Å². The van der Waals surface area contributed by atoms with Gasteiger partial charge in [-0.15, -0.1) is 0 Å². The minimum absolute atomic E-state index is 0.00626. The summed E-state index contributed by atoms with van der Waals surface area (Å²) in [5.41, 5.74) is 18.8. The monoisotopic (exact) mass is 1450 g/mol. The highest BCUT2D eigenvalue weighted by Crippen LogP contribution is 2.55. The molecule has 0 amide bonds. The fraction of sp³-hybridized carbons (Fsp3) is 0.115. The van der Waals surface area contributed by atoms with Crippen LogP contribution < -0.4 is 5.46 Å². The van der Waals surface area contributed by atoms with Crippen molar-refractivity contribution < 1.29 is 9.31 Å². The first-order chi connectivity index (χ1) is 52.4. The van der Waals surface area contributed by atoms with Gasteiger partial charge in [-0.1, -0.05) is 311 Å². The van der Waals surface area contributed by atoms with Crippen molar-refractivity contribution in [3.63, 3.8) is 0 Å². The van der Waals surface area contributed by atoms with Gasteiger partial charge in [-0.05, 0) is 289 Å². The van der Waals surface area contributed by atoms with Crippen LogP contribution in [0.5, 0.6) is 0 Å². The van der Waals surface area contributed by atoms with E-state index in [4.69, 9.17) is 9.31 Å². The van der Waals surface area contributed by atoms with E-state index in [1.54, 1.807) is 0 Å². The molecule has 1 saturated heterocycles. The first kappa shape index (κ1) is 64.9. The predicted octanol–water partition coefficient (Wildman–Crippen LogP) is 28.4. The lowest BCUT2D eigenvalue weighted by Crippen LogP contribution is -2.41. The third kappa shape index (κ3) is 9.72. The van der Waals surface area contributed by atoms with E-state index in [0.717, 1.165) is 9.94 Å². The van der Waals surface area contributed by atoms with Crippen LogP contribution in [0.25, 0.3) is 185 Å². The van der Waals surface area contributed by atoms with E-state index >= 15 is 0 Å². The summed E-state index contributed by atoms with van der Waals surface area (Å²) in [6.45, 7) is 17.9. The predicted molar refractivity (Wildman–Crippen MR) is 467 cm³/mol. The van der Waals surface area contributed by atoms with Gasteiger partial charge in [-0.2, -0.15) is 0 Å². The molecule has 2 aliphatic carbocycles. The van der Waals surface area contributed by atoms with E-state index in [9.17, 15) is 0 Å². The van der Waals surface area contributed by atoms with Crippen molar-refractivity contribution in [2.75, 3.05) is 0 Å². The lowest BCUT2D eigenvalue weighted by Gasteiger charge is -2.32. The summed E-state index contributed by atoms with van der Waals surface area (Å²) >= 11 is 3.68. The van der Waals surface area contributed by atoms with Crippen molar-refractivity contribution in [2.45, 2.75) is 77.4 Å². The number of fused-ring (bicyclic) bond motifs is 18. The van der Waals surface area contributed by atoms with Crippen molar-refractivity contribution >= 4 is 158 Å². The lowest BCUT2D eigenvalue weighted by atomic mass is 9.77. The van der Waals surface area contributed by atoms with Crippen molar-refractivity contribution in [1.82, 2.24) is 0 Å². The molecule has 108 heavy (non-hydrogen) atoms. The van der Waals surface area contributed by atoms with Gasteiger partial charge in [0.25, 0.3) is 0 Å². The smallest absolute Gasteiger partial charge is 0.399 e. The molecule has 23 rings (SSSR count). The van der Waals surface area contributed by atoms with Crippen LogP contribution in [-0.2, 0) is 20.1 Å². The lowest BCUT2D eigenvalue weighted by molar-refractivity contribution is 0.00578. The molecule has 1 fully saturated rings. The van der Waals surface area contributed by atoms with Crippen molar-refractivity contribution in [3.8, 4) is 55.6 Å². The molecule has 0 N–H and O–H groups in total. The SMILES string of the molecule is CC1(C)OB(c2cccc(-c3ccc4ccc5cccc6ccc3c4c56)c2)OC1(C)C.CC1(C)c2ccc(-c3cccc(-c4ccc5ccc6cccc7ccc4c5c67)c3)cc2-c2cc3c4ccccc4c4ccccc4c3cc21.CC1(C)c2ccc(Br)cc2-c2cc3c4ccccc4c4ccccc4c3cc21. The van der Waals surface area contributed by atoms with Gasteiger partial charge in [0.15, 0.2) is 0 Å². The fourth-order valence-corrected chi connectivity index (χ4v) is 19.5. The van der Waals surface area contributed by atoms with E-state index in [1.165, 1.54) is 207 Å². The van der Waals surface area contributed by atoms with Gasteiger partial charge >= 0.3 is 7.12 Å². The number of rotatable bonds is 4. The molecule has 20 aromatic carbocycles. The Bertz CT molecular complexity index is 7170. The Morgan fingerprint density at radius 3 is 1.01 bits per heavy atom. The number of hydrogen-bond donors (Lipinski definition) is 0. The molecule has 0 aromatic heterocycles. The molecule has 2 nitrogen and oxygen atoms in total. The molecule has 0 radical (unpaired) electrons. The summed E-state index contributed by atoms with van der Waals surface area (Å²) in [6.07, 6.45) is 0. The third-order valence-corrected chi connectivity index (χ3v) is 25.8. The second kappa shape index (κ2) is 23.8. The largest absolute Gasteiger partial charge is 0.494 e. The van der Waals surface area contributed by atoms with Crippen molar-refractivity contribution in [1.29, 1.82) is 0 Å². The molecular weight excluding hydrogens is 1370 g/mol. The van der Waals surface area contributed by atoms with Crippen LogP contribution in [0.2, 0.25) is 0 Å². The average molecular weight is 1450 g/mol. The molecule has 1 heterocycles. The van der Waals surface area contributed by atoms with Crippen molar-refractivity contribution in [3.05, 3.63) is 342 Å². The quantitative estimate of drug-likeness (QED) is 0.129. The average Bonchev–Trinajstić information content (AvgIpc) is 1.53. The summed E-state index contributed by atoms with van der Waals surface area (Å²) < 4.78 is 13.7. The summed E-state index contributed by atoms with van der Waals surface area (Å²) in [5.74, 6) is 0. The summed E-state index contributed by atoms with van der Waals surface area (Å²) in [4.78, 5) is 0. The third-order valence-electron chi connectivity index (χ3n) is 25.3. The standard InChI is InChI=1S/C49H32.C28H25BO2.C27H19Br/c1-49(2)45-24-21-33(26-43(45)44-27-41-38-15-5-3-13-36(38)37-14-4-6-16-39(37)42(41)28-46(44)49)32-11-8-12-34(25-32)35-22-19-31-18-17-29-9-7-10-30-20-23-40(35)48(31)47(29)30;1-27(2)28(3,4)31-29(30-27)22-10-6-9-21(17-22)23-15-13-20-12-11-18-7-5-8-19-14-16-24(23)26(20)25(18)19;1-27(2)25-12-11-16(28)13-23(25)24-14-21-19-9-5-3-7-17(19)18-8-4-6-10-20(18)22(21)15-26(24)27/h3-28H,1-2H3;5-17H,1-4H3;3-15H,1-2H3. The molecule has 3 aliphatic rings. The molecule has 514 valence electrons. The second-order valence-corrected chi connectivity index (χ2v) is 33.4. The maximum atomic E-state index is 6.30. The minimum Gasteiger partial charge on any atom is -0.399 e. The Balaban J connectivity index is 0.000000109. The molecule has 0 atom stereocenters. The van der Waals surface area contributed by atoms with E-state index in [-0.39, 0.29) is 29.2 Å². The molecule has 1 aliphatic heterocycles. The number of halogens is 1. The van der Waals surface area contributed by atoms with E-state index in [2.05, 4.69) is 387 Å². The first-order valence-corrected chi connectivity index (χ1v) is 38.8. The van der Waals surface area contributed by atoms with Crippen molar-refractivity contribution in [2.24, 2.45) is 0 Å². The Morgan fingerprint density at radius 2 is 0.556 bits per heavy atom. The van der Waals surface area contributed by atoms with Crippen LogP contribution in [0.4, 0.5) is 0 Å². The molecule has 20 aromatic rings. The van der Waals surface area contributed by atoms with E-state index < -0.39 is 0 Å². The minimum atomic E-state index is -0.357. The molecule has 0 bridgehead atoms. The zero-order valence-electron chi connectivity index (χ0n) is 61.8. The van der Waals surface area contributed by atoms with Gasteiger partial charge in [0.2, 0.25) is 0 Å². The Hall–Kier alpha value is -11.5. The normalized spacial score (nSPS) is 15.1. The van der Waals surface area contributed by atoms with Gasteiger partial charge in [0.1, 0.15) is 0 Å². The van der Waals surface area contributed by atoms with Crippen LogP contribution in [-0.4, -0.2) is 18.3 Å². The van der Waals surface area contributed by atoms with Crippen LogP contribution in [0, 0.1) is 0 Å². The van der Waals surface area contributed by atoms with Gasteiger partial charge < -0.3 is 9.31 Å². The van der Waals surface area contributed by atoms with Crippen LogP contribution in [0.1, 0.15) is 77.6 Å². The van der Waals surface area contributed by atoms with Gasteiger partial charge in [-0.3, -0.25) is 0 Å². The summed E-state index contributed by atoms with van der Waals surface area (Å²) in [5, 5.41) is 31.8. The van der Waals surface area contributed by atoms with Gasteiger partial charge in [0.05, 0.1) is 11.2 Å². The maximum absolute atomic E-state index is 6.30. The van der Waals surface area contributed by atoms with Crippen LogP contribution >= 0.6 is 15.9 Å². The molecule has 0 spiro atoms. The number of benzene rings is 20. The molecular formula is C104H76BBrO2. The number of hydrogen-bond acceptors (Lipinski definition) is 2. The van der Waals surface area contributed by atoms with Crippen LogP contribution in [0.15, 0.2) is 320 Å². The zero-order chi connectivity index (χ0) is 72.9. The van der Waals surface area contributed by atoms with E-state index in [1.807, 2.05) is 0 Å². The molecule has 4 heteroatoms. The molecule has 0 unspecified atom stereocenters. The summed E-state index contributed by atoms with van der Waals surface area (Å²) in [6, 6.07) is 117. The van der Waals surface area contributed by atoms with Gasteiger partial charge in [-0.25, -0.2) is 0 Å². The maximum Gasteiger partial charge on any atom is 0.494 e. The topological polar surface area (TPSA) is 18.5 Å². The highest BCUT2D eigenvalue weighted by Gasteiger charge is 2.52. The summed E-state index contributed by atoms with van der Waals surface area (Å²) in [7, 11) is -0.357. The fourth-order valence-electron chi connectivity index (χ4n) is 19.1. The zero-order valence-corrected chi connectivity index (χ0v) is 63.4. The van der Waals surface area contributed by atoms with E-state index in [0.29, 0.717) is 0 Å². The Kier molecular flexibility index (Phi) is 14.3. The van der Waals surface area contributed by atoms with Gasteiger partial charge in [0, 0.05) is 15.3 Å². The second-order valence-electron chi connectivity index (χ2n) is 32.5. The Morgan fingerprint density at radius 1 is 0.222 bits per heavy atom. The molecule has 0 saturated carbocycles. The first-order valence-electron chi connectivity index (χ1n) is 38.0. The highest BCUT2D eigenvalue weighted by atomic mass is 79.9.